The van der Waals surface area contributed by atoms with Crippen LogP contribution in [0.1, 0.15) is 18.5 Å². The molecule has 0 saturated heterocycles. The molecule has 1 aliphatic carbocycles. The summed E-state index contributed by atoms with van der Waals surface area (Å²) in [6, 6.07) is 6.17. The van der Waals surface area contributed by atoms with Crippen molar-refractivity contribution < 1.29 is 0 Å². The molecule has 3 nitrogen and oxygen atoms in total. The Morgan fingerprint density at radius 1 is 1.43 bits per heavy atom. The first-order valence-electron chi connectivity index (χ1n) is 4.66. The Balaban J connectivity index is 2.06. The minimum Gasteiger partial charge on any atom is -0.382 e. The lowest BCUT2D eigenvalue weighted by molar-refractivity contribution is 0.786. The van der Waals surface area contributed by atoms with E-state index in [1.54, 1.807) is 12.3 Å². The van der Waals surface area contributed by atoms with Gasteiger partial charge in [0.05, 0.1) is 0 Å². The average Bonchev–Trinajstić information content (AvgIpc) is 2.71. The SMILES string of the molecule is N#Cc1cc(NC2CC=CC2)ccn1. The molecule has 0 unspecified atom stereocenters. The molecule has 1 aliphatic rings. The quantitative estimate of drug-likeness (QED) is 0.717. The van der Waals surface area contributed by atoms with Gasteiger partial charge in [0.15, 0.2) is 0 Å². The van der Waals surface area contributed by atoms with E-state index in [-0.39, 0.29) is 0 Å². The summed E-state index contributed by atoms with van der Waals surface area (Å²) in [6.07, 6.45) is 8.12. The molecular formula is C11H11N3. The van der Waals surface area contributed by atoms with Crippen LogP contribution in [0.25, 0.3) is 0 Å². The van der Waals surface area contributed by atoms with E-state index in [9.17, 15) is 0 Å². The summed E-state index contributed by atoms with van der Waals surface area (Å²) in [7, 11) is 0. The molecule has 1 aromatic rings. The van der Waals surface area contributed by atoms with Gasteiger partial charge in [-0.2, -0.15) is 5.26 Å². The highest BCUT2D eigenvalue weighted by Gasteiger charge is 2.09. The van der Waals surface area contributed by atoms with E-state index in [1.165, 1.54) is 0 Å². The Kier molecular flexibility index (Phi) is 2.46. The zero-order chi connectivity index (χ0) is 9.80. The second-order valence-electron chi connectivity index (χ2n) is 3.33. The second kappa shape index (κ2) is 3.93. The largest absolute Gasteiger partial charge is 0.382 e. The average molecular weight is 185 g/mol. The molecule has 0 aliphatic heterocycles. The first-order valence-corrected chi connectivity index (χ1v) is 4.66. The maximum absolute atomic E-state index is 8.67. The summed E-state index contributed by atoms with van der Waals surface area (Å²) in [6.45, 7) is 0. The number of aromatic nitrogens is 1. The van der Waals surface area contributed by atoms with Crippen LogP contribution >= 0.6 is 0 Å². The smallest absolute Gasteiger partial charge is 0.142 e. The normalized spacial score (nSPS) is 15.4. The molecule has 0 spiro atoms. The van der Waals surface area contributed by atoms with Crippen LogP contribution in [0.2, 0.25) is 0 Å². The number of anilines is 1. The summed E-state index contributed by atoms with van der Waals surface area (Å²) >= 11 is 0. The van der Waals surface area contributed by atoms with E-state index in [2.05, 4.69) is 22.5 Å². The minimum absolute atomic E-state index is 0.459. The third kappa shape index (κ3) is 1.91. The first kappa shape index (κ1) is 8.76. The van der Waals surface area contributed by atoms with Gasteiger partial charge in [-0.15, -0.1) is 0 Å². The fourth-order valence-electron chi connectivity index (χ4n) is 1.55. The van der Waals surface area contributed by atoms with Crippen LogP contribution in [0, 0.1) is 11.3 Å². The highest BCUT2D eigenvalue weighted by atomic mass is 14.9. The van der Waals surface area contributed by atoms with Crippen LogP contribution in [0.5, 0.6) is 0 Å². The number of pyridine rings is 1. The van der Waals surface area contributed by atoms with Crippen molar-refractivity contribution in [2.24, 2.45) is 0 Å². The van der Waals surface area contributed by atoms with Crippen LogP contribution in [0.15, 0.2) is 30.5 Å². The van der Waals surface area contributed by atoms with E-state index in [4.69, 9.17) is 5.26 Å². The maximum atomic E-state index is 8.67. The van der Waals surface area contributed by atoms with Gasteiger partial charge in [0.1, 0.15) is 11.8 Å². The van der Waals surface area contributed by atoms with E-state index < -0.39 is 0 Å². The topological polar surface area (TPSA) is 48.7 Å². The molecule has 2 rings (SSSR count). The van der Waals surface area contributed by atoms with Crippen molar-refractivity contribution in [3.63, 3.8) is 0 Å². The van der Waals surface area contributed by atoms with Gasteiger partial charge < -0.3 is 5.32 Å². The van der Waals surface area contributed by atoms with Gasteiger partial charge in [0.2, 0.25) is 0 Å². The van der Waals surface area contributed by atoms with Crippen molar-refractivity contribution in [2.75, 3.05) is 5.32 Å². The molecule has 0 aromatic carbocycles. The van der Waals surface area contributed by atoms with E-state index in [1.807, 2.05) is 12.1 Å². The predicted molar refractivity (Wildman–Crippen MR) is 54.7 cm³/mol. The molecule has 3 heteroatoms. The lowest BCUT2D eigenvalue weighted by Gasteiger charge is -2.12. The Bertz CT molecular complexity index is 382. The predicted octanol–water partition coefficient (Wildman–Crippen LogP) is 2.08. The minimum atomic E-state index is 0.459. The van der Waals surface area contributed by atoms with Crippen molar-refractivity contribution in [3.8, 4) is 6.07 Å². The molecule has 0 radical (unpaired) electrons. The second-order valence-corrected chi connectivity index (χ2v) is 3.33. The van der Waals surface area contributed by atoms with Crippen LogP contribution in [0.3, 0.4) is 0 Å². The number of hydrogen-bond acceptors (Lipinski definition) is 3. The van der Waals surface area contributed by atoms with Gasteiger partial charge >= 0.3 is 0 Å². The van der Waals surface area contributed by atoms with E-state index in [0.717, 1.165) is 18.5 Å². The number of rotatable bonds is 2. The third-order valence-corrected chi connectivity index (χ3v) is 2.25. The van der Waals surface area contributed by atoms with Crippen molar-refractivity contribution >= 4 is 5.69 Å². The monoisotopic (exact) mass is 185 g/mol. The molecule has 0 saturated carbocycles. The van der Waals surface area contributed by atoms with Gasteiger partial charge in [0.25, 0.3) is 0 Å². The van der Waals surface area contributed by atoms with Crippen molar-refractivity contribution in [2.45, 2.75) is 18.9 Å². The van der Waals surface area contributed by atoms with Crippen LogP contribution < -0.4 is 5.32 Å². The molecule has 1 aromatic heterocycles. The summed E-state index contributed by atoms with van der Waals surface area (Å²) < 4.78 is 0. The van der Waals surface area contributed by atoms with Gasteiger partial charge in [-0.25, -0.2) is 4.98 Å². The summed E-state index contributed by atoms with van der Waals surface area (Å²) in [4.78, 5) is 3.92. The maximum Gasteiger partial charge on any atom is 0.142 e. The lowest BCUT2D eigenvalue weighted by Crippen LogP contribution is -2.14. The zero-order valence-electron chi connectivity index (χ0n) is 7.77. The van der Waals surface area contributed by atoms with Crippen LogP contribution in [-0.2, 0) is 0 Å². The number of nitrogens with zero attached hydrogens (tertiary/aromatic N) is 2. The molecule has 70 valence electrons. The molecule has 1 heterocycles. The van der Waals surface area contributed by atoms with Crippen molar-refractivity contribution in [3.05, 3.63) is 36.2 Å². The Hall–Kier alpha value is -1.82. The molecule has 1 N–H and O–H groups in total. The van der Waals surface area contributed by atoms with Crippen molar-refractivity contribution in [1.29, 1.82) is 5.26 Å². The van der Waals surface area contributed by atoms with Crippen LogP contribution in [-0.4, -0.2) is 11.0 Å². The number of nitriles is 1. The molecule has 0 fully saturated rings. The third-order valence-electron chi connectivity index (χ3n) is 2.25. The van der Waals surface area contributed by atoms with Gasteiger partial charge in [0, 0.05) is 17.9 Å². The molecule has 14 heavy (non-hydrogen) atoms. The Morgan fingerprint density at radius 2 is 2.21 bits per heavy atom. The number of hydrogen-bond donors (Lipinski definition) is 1. The van der Waals surface area contributed by atoms with E-state index >= 15 is 0 Å². The zero-order valence-corrected chi connectivity index (χ0v) is 7.77. The highest BCUT2D eigenvalue weighted by Crippen LogP contribution is 2.16. The highest BCUT2D eigenvalue weighted by molar-refractivity contribution is 5.47. The summed E-state index contributed by atoms with van der Waals surface area (Å²) in [5.74, 6) is 0. The van der Waals surface area contributed by atoms with E-state index in [0.29, 0.717) is 11.7 Å². The molecule has 0 bridgehead atoms. The summed E-state index contributed by atoms with van der Waals surface area (Å²) in [5, 5.41) is 12.0. The van der Waals surface area contributed by atoms with Crippen LogP contribution in [0.4, 0.5) is 5.69 Å². The fourth-order valence-corrected chi connectivity index (χ4v) is 1.55. The lowest BCUT2D eigenvalue weighted by atomic mass is 10.2. The van der Waals surface area contributed by atoms with Gasteiger partial charge in [-0.3, -0.25) is 0 Å². The molecule has 0 atom stereocenters. The standard InChI is InChI=1S/C11H11N3/c12-8-11-7-10(5-6-13-11)14-9-3-1-2-4-9/h1-2,5-7,9H,3-4H2,(H,13,14). The molecule has 0 amide bonds. The Labute approximate surface area is 83.1 Å². The first-order chi connectivity index (χ1) is 6.88. The summed E-state index contributed by atoms with van der Waals surface area (Å²) in [5.41, 5.74) is 1.44. The molecular weight excluding hydrogens is 174 g/mol. The number of nitrogens with one attached hydrogen (secondary N) is 1. The van der Waals surface area contributed by atoms with Crippen molar-refractivity contribution in [1.82, 2.24) is 4.98 Å². The van der Waals surface area contributed by atoms with Gasteiger partial charge in [-0.1, -0.05) is 12.2 Å². The fraction of sp³-hybridized carbons (Fsp3) is 0.273. The van der Waals surface area contributed by atoms with Gasteiger partial charge in [-0.05, 0) is 25.0 Å². The Morgan fingerprint density at radius 3 is 2.93 bits per heavy atom.